The number of hydrogen-bond acceptors (Lipinski definition) is 3. The van der Waals surface area contributed by atoms with Crippen LogP contribution in [0.2, 0.25) is 0 Å². The van der Waals surface area contributed by atoms with Crippen molar-refractivity contribution >= 4 is 12.0 Å². The van der Waals surface area contributed by atoms with Crippen molar-refractivity contribution in [1.82, 2.24) is 10.6 Å². The summed E-state index contributed by atoms with van der Waals surface area (Å²) in [6.07, 6.45) is 1.33. The number of urea groups is 1. The molecule has 1 aromatic rings. The Balaban J connectivity index is 2.47. The summed E-state index contributed by atoms with van der Waals surface area (Å²) in [5.74, 6) is -0.854. The number of rotatable bonds is 5. The van der Waals surface area contributed by atoms with Crippen LogP contribution >= 0.6 is 0 Å². The molecule has 1 aliphatic heterocycles. The Kier molecular flexibility index (Phi) is 5.14. The van der Waals surface area contributed by atoms with Crippen molar-refractivity contribution < 1.29 is 18.7 Å². The van der Waals surface area contributed by atoms with Gasteiger partial charge < -0.3 is 15.4 Å². The van der Waals surface area contributed by atoms with Gasteiger partial charge in [-0.15, -0.1) is 0 Å². The van der Waals surface area contributed by atoms with Crippen molar-refractivity contribution in [1.29, 1.82) is 0 Å². The zero-order chi connectivity index (χ0) is 16.1. The van der Waals surface area contributed by atoms with Gasteiger partial charge in [0, 0.05) is 5.70 Å². The lowest BCUT2D eigenvalue weighted by Gasteiger charge is -2.29. The molecule has 22 heavy (non-hydrogen) atoms. The van der Waals surface area contributed by atoms with E-state index in [1.54, 1.807) is 19.1 Å². The van der Waals surface area contributed by atoms with Crippen LogP contribution in [0.4, 0.5) is 9.18 Å². The zero-order valence-electron chi connectivity index (χ0n) is 12.6. The van der Waals surface area contributed by atoms with Gasteiger partial charge in [-0.1, -0.05) is 25.5 Å². The summed E-state index contributed by atoms with van der Waals surface area (Å²) < 4.78 is 18.2. The van der Waals surface area contributed by atoms with Crippen LogP contribution in [0.1, 0.15) is 38.3 Å². The van der Waals surface area contributed by atoms with Crippen LogP contribution in [0.5, 0.6) is 0 Å². The van der Waals surface area contributed by atoms with Crippen LogP contribution in [-0.2, 0) is 9.53 Å². The number of hydrogen-bond donors (Lipinski definition) is 2. The van der Waals surface area contributed by atoms with Crippen molar-refractivity contribution in [3.8, 4) is 0 Å². The molecule has 1 heterocycles. The summed E-state index contributed by atoms with van der Waals surface area (Å²) in [6, 6.07) is 4.67. The molecule has 0 unspecified atom stereocenters. The average molecular weight is 306 g/mol. The predicted octanol–water partition coefficient (Wildman–Crippen LogP) is 2.80. The van der Waals surface area contributed by atoms with Gasteiger partial charge >= 0.3 is 12.0 Å². The van der Waals surface area contributed by atoms with E-state index in [4.69, 9.17) is 4.74 Å². The van der Waals surface area contributed by atoms with E-state index < -0.39 is 12.0 Å². The Morgan fingerprint density at radius 1 is 1.27 bits per heavy atom. The van der Waals surface area contributed by atoms with E-state index in [9.17, 15) is 14.0 Å². The molecule has 0 spiro atoms. The molecular formula is C16H19FN2O3. The van der Waals surface area contributed by atoms with Gasteiger partial charge in [0.2, 0.25) is 0 Å². The second-order valence-corrected chi connectivity index (χ2v) is 4.95. The van der Waals surface area contributed by atoms with Crippen molar-refractivity contribution in [2.45, 2.75) is 32.7 Å². The molecule has 1 aliphatic rings. The maximum absolute atomic E-state index is 13.1. The van der Waals surface area contributed by atoms with Gasteiger partial charge in [0.15, 0.2) is 0 Å². The van der Waals surface area contributed by atoms with Gasteiger partial charge in [-0.3, -0.25) is 0 Å². The fourth-order valence-corrected chi connectivity index (χ4v) is 2.42. The molecule has 0 saturated heterocycles. The second-order valence-electron chi connectivity index (χ2n) is 4.95. The summed E-state index contributed by atoms with van der Waals surface area (Å²) in [4.78, 5) is 24.1. The molecule has 0 aliphatic carbocycles. The first-order chi connectivity index (χ1) is 10.6. The van der Waals surface area contributed by atoms with Gasteiger partial charge in [0.05, 0.1) is 18.2 Å². The van der Waals surface area contributed by atoms with E-state index in [-0.39, 0.29) is 18.5 Å². The lowest BCUT2D eigenvalue weighted by Crippen LogP contribution is -2.46. The van der Waals surface area contributed by atoms with Crippen LogP contribution in [0, 0.1) is 5.82 Å². The molecular weight excluding hydrogens is 287 g/mol. The summed E-state index contributed by atoms with van der Waals surface area (Å²) in [7, 11) is 0. The smallest absolute Gasteiger partial charge is 0.338 e. The Morgan fingerprint density at radius 3 is 2.55 bits per heavy atom. The van der Waals surface area contributed by atoms with Gasteiger partial charge in [0.1, 0.15) is 5.82 Å². The molecule has 2 rings (SSSR count). The number of carbonyl (C=O) groups excluding carboxylic acids is 2. The van der Waals surface area contributed by atoms with Gasteiger partial charge in [-0.25, -0.2) is 14.0 Å². The molecule has 5 nitrogen and oxygen atoms in total. The quantitative estimate of drug-likeness (QED) is 0.822. The van der Waals surface area contributed by atoms with Crippen LogP contribution in [0.15, 0.2) is 35.5 Å². The molecule has 2 amide bonds. The second kappa shape index (κ2) is 7.06. The van der Waals surface area contributed by atoms with Gasteiger partial charge in [-0.05, 0) is 31.0 Å². The SMILES string of the molecule is CCCC1=C(C(=O)OCC)[C@H](c2ccc(F)cc2)NC(=O)N1. The number of benzene rings is 1. The number of carbonyl (C=O) groups is 2. The van der Waals surface area contributed by atoms with E-state index in [0.717, 1.165) is 6.42 Å². The van der Waals surface area contributed by atoms with E-state index in [0.29, 0.717) is 23.3 Å². The first-order valence-corrected chi connectivity index (χ1v) is 7.30. The fraction of sp³-hybridized carbons (Fsp3) is 0.375. The van der Waals surface area contributed by atoms with Crippen molar-refractivity contribution in [3.05, 3.63) is 46.9 Å². The normalized spacial score (nSPS) is 17.8. The molecule has 2 N–H and O–H groups in total. The zero-order valence-corrected chi connectivity index (χ0v) is 12.6. The van der Waals surface area contributed by atoms with Crippen molar-refractivity contribution in [2.24, 2.45) is 0 Å². The third-order valence-corrected chi connectivity index (χ3v) is 3.35. The highest BCUT2D eigenvalue weighted by atomic mass is 19.1. The molecule has 0 bridgehead atoms. The number of halogens is 1. The third-order valence-electron chi connectivity index (χ3n) is 3.35. The van der Waals surface area contributed by atoms with E-state index in [2.05, 4.69) is 10.6 Å². The number of nitrogens with one attached hydrogen (secondary N) is 2. The number of amides is 2. The topological polar surface area (TPSA) is 67.4 Å². The fourth-order valence-electron chi connectivity index (χ4n) is 2.42. The van der Waals surface area contributed by atoms with Crippen LogP contribution in [0.3, 0.4) is 0 Å². The Hall–Kier alpha value is -2.37. The molecule has 1 aromatic carbocycles. The standard InChI is InChI=1S/C16H19FN2O3/c1-3-5-12-13(15(20)22-4-2)14(19-16(21)18-12)10-6-8-11(17)9-7-10/h6-9,14H,3-5H2,1-2H3,(H2,18,19,21)/t14-/m0/s1. The molecule has 118 valence electrons. The van der Waals surface area contributed by atoms with Crippen molar-refractivity contribution in [3.63, 3.8) is 0 Å². The third kappa shape index (κ3) is 3.44. The molecule has 0 radical (unpaired) electrons. The van der Waals surface area contributed by atoms with Crippen LogP contribution in [-0.4, -0.2) is 18.6 Å². The summed E-state index contributed by atoms with van der Waals surface area (Å²) in [6.45, 7) is 3.92. The lowest BCUT2D eigenvalue weighted by molar-refractivity contribution is -0.139. The highest BCUT2D eigenvalue weighted by Crippen LogP contribution is 2.29. The number of allylic oxidation sites excluding steroid dienone is 1. The molecule has 0 fully saturated rings. The Morgan fingerprint density at radius 2 is 1.95 bits per heavy atom. The van der Waals surface area contributed by atoms with E-state index in [1.807, 2.05) is 6.92 Å². The first-order valence-electron chi connectivity index (χ1n) is 7.30. The number of ether oxygens (including phenoxy) is 1. The maximum Gasteiger partial charge on any atom is 0.338 e. The molecule has 0 saturated carbocycles. The molecule has 6 heteroatoms. The summed E-state index contributed by atoms with van der Waals surface area (Å²) >= 11 is 0. The average Bonchev–Trinajstić information content (AvgIpc) is 2.48. The van der Waals surface area contributed by atoms with E-state index >= 15 is 0 Å². The van der Waals surface area contributed by atoms with Crippen molar-refractivity contribution in [2.75, 3.05) is 6.61 Å². The van der Waals surface area contributed by atoms with Crippen LogP contribution in [0.25, 0.3) is 0 Å². The minimum absolute atomic E-state index is 0.242. The van der Waals surface area contributed by atoms with Gasteiger partial charge in [-0.2, -0.15) is 0 Å². The highest BCUT2D eigenvalue weighted by Gasteiger charge is 2.33. The largest absolute Gasteiger partial charge is 0.463 e. The molecule has 0 aromatic heterocycles. The monoisotopic (exact) mass is 306 g/mol. The number of esters is 1. The highest BCUT2D eigenvalue weighted by molar-refractivity contribution is 5.95. The minimum Gasteiger partial charge on any atom is -0.463 e. The maximum atomic E-state index is 13.1. The van der Waals surface area contributed by atoms with E-state index in [1.165, 1.54) is 12.1 Å². The predicted molar refractivity (Wildman–Crippen MR) is 79.4 cm³/mol. The van der Waals surface area contributed by atoms with Gasteiger partial charge in [0.25, 0.3) is 0 Å². The summed E-state index contributed by atoms with van der Waals surface area (Å²) in [5.41, 5.74) is 1.56. The van der Waals surface area contributed by atoms with Crippen LogP contribution < -0.4 is 10.6 Å². The summed E-state index contributed by atoms with van der Waals surface area (Å²) in [5, 5.41) is 5.37. The molecule has 1 atom stereocenters. The lowest BCUT2D eigenvalue weighted by atomic mass is 9.94. The Labute approximate surface area is 128 Å². The first kappa shape index (κ1) is 16.0. The minimum atomic E-state index is -0.644. The Bertz CT molecular complexity index is 596.